The number of para-hydroxylation sites is 1. The predicted molar refractivity (Wildman–Crippen MR) is 87.2 cm³/mol. The summed E-state index contributed by atoms with van der Waals surface area (Å²) in [6.45, 7) is 2.21. The van der Waals surface area contributed by atoms with Gasteiger partial charge < -0.3 is 5.11 Å². The molecule has 1 aromatic carbocycles. The largest absolute Gasteiger partial charge is 0.478 e. The normalized spacial score (nSPS) is 11.3. The van der Waals surface area contributed by atoms with Crippen molar-refractivity contribution in [2.45, 2.75) is 24.0 Å². The number of benzene rings is 1. The lowest BCUT2D eigenvalue weighted by Gasteiger charge is -2.25. The number of rotatable bonds is 7. The molecular formula is C15H17NO4S2. The molecule has 22 heavy (non-hydrogen) atoms. The summed E-state index contributed by atoms with van der Waals surface area (Å²) in [6.07, 6.45) is 1.46. The highest BCUT2D eigenvalue weighted by Crippen LogP contribution is 2.29. The zero-order valence-electron chi connectivity index (χ0n) is 12.1. The predicted octanol–water partition coefficient (Wildman–Crippen LogP) is 3.44. The van der Waals surface area contributed by atoms with Crippen molar-refractivity contribution in [2.75, 3.05) is 10.8 Å². The monoisotopic (exact) mass is 339 g/mol. The number of hydrogen-bond donors (Lipinski definition) is 1. The second-order valence-electron chi connectivity index (χ2n) is 4.69. The number of thiophene rings is 1. The van der Waals surface area contributed by atoms with Crippen LogP contribution in [0.1, 0.15) is 30.1 Å². The number of anilines is 1. The van der Waals surface area contributed by atoms with E-state index in [1.807, 2.05) is 6.92 Å². The van der Waals surface area contributed by atoms with Gasteiger partial charge in [-0.05, 0) is 30.0 Å². The fraction of sp³-hybridized carbons (Fsp3) is 0.267. The van der Waals surface area contributed by atoms with E-state index in [1.54, 1.807) is 23.6 Å². The van der Waals surface area contributed by atoms with Crippen molar-refractivity contribution in [3.63, 3.8) is 0 Å². The van der Waals surface area contributed by atoms with E-state index >= 15 is 0 Å². The van der Waals surface area contributed by atoms with Gasteiger partial charge in [-0.25, -0.2) is 13.2 Å². The van der Waals surface area contributed by atoms with Gasteiger partial charge in [0.15, 0.2) is 0 Å². The Kier molecular flexibility index (Phi) is 5.20. The average molecular weight is 339 g/mol. The Morgan fingerprint density at radius 1 is 1.23 bits per heavy atom. The summed E-state index contributed by atoms with van der Waals surface area (Å²) in [7, 11) is -3.75. The van der Waals surface area contributed by atoms with Crippen LogP contribution in [0, 0.1) is 0 Å². The Balaban J connectivity index is 2.55. The molecule has 1 heterocycles. The van der Waals surface area contributed by atoms with E-state index in [9.17, 15) is 18.3 Å². The molecule has 2 rings (SSSR count). The smallest absolute Gasteiger partial charge is 0.337 e. The van der Waals surface area contributed by atoms with Gasteiger partial charge in [-0.2, -0.15) is 0 Å². The van der Waals surface area contributed by atoms with Crippen molar-refractivity contribution in [3.05, 3.63) is 47.3 Å². The molecule has 0 saturated heterocycles. The van der Waals surface area contributed by atoms with E-state index in [1.165, 1.54) is 22.5 Å². The van der Waals surface area contributed by atoms with Gasteiger partial charge in [0.2, 0.25) is 0 Å². The van der Waals surface area contributed by atoms with Crippen LogP contribution in [0.25, 0.3) is 0 Å². The van der Waals surface area contributed by atoms with E-state index < -0.39 is 16.0 Å². The summed E-state index contributed by atoms with van der Waals surface area (Å²) >= 11 is 1.12. The molecule has 118 valence electrons. The number of unbranched alkanes of at least 4 members (excludes halogenated alkanes) is 1. The molecule has 0 spiro atoms. The summed E-state index contributed by atoms with van der Waals surface area (Å²) in [5, 5.41) is 11.0. The number of aromatic carboxylic acids is 1. The van der Waals surface area contributed by atoms with Gasteiger partial charge in [-0.1, -0.05) is 31.5 Å². The molecule has 5 nitrogen and oxygen atoms in total. The number of hydrogen-bond acceptors (Lipinski definition) is 4. The lowest BCUT2D eigenvalue weighted by molar-refractivity contribution is 0.0698. The molecule has 0 radical (unpaired) electrons. The van der Waals surface area contributed by atoms with E-state index in [-0.39, 0.29) is 22.0 Å². The number of nitrogens with zero attached hydrogens (tertiary/aromatic N) is 1. The molecule has 0 fully saturated rings. The van der Waals surface area contributed by atoms with E-state index in [2.05, 4.69) is 0 Å². The van der Waals surface area contributed by atoms with Crippen LogP contribution in [0.2, 0.25) is 0 Å². The van der Waals surface area contributed by atoms with Gasteiger partial charge >= 0.3 is 5.97 Å². The topological polar surface area (TPSA) is 74.7 Å². The minimum Gasteiger partial charge on any atom is -0.478 e. The van der Waals surface area contributed by atoms with Crippen molar-refractivity contribution in [3.8, 4) is 0 Å². The van der Waals surface area contributed by atoms with Gasteiger partial charge in [0.05, 0.1) is 11.3 Å². The zero-order valence-corrected chi connectivity index (χ0v) is 13.7. The minimum atomic E-state index is -3.75. The summed E-state index contributed by atoms with van der Waals surface area (Å²) in [5.74, 6) is -1.14. The number of carbonyl (C=O) groups is 1. The summed E-state index contributed by atoms with van der Waals surface area (Å²) in [6, 6.07) is 9.37. The van der Waals surface area contributed by atoms with Crippen molar-refractivity contribution >= 4 is 33.0 Å². The summed E-state index contributed by atoms with van der Waals surface area (Å²) < 4.78 is 27.0. The first kappa shape index (κ1) is 16.5. The van der Waals surface area contributed by atoms with E-state index in [0.29, 0.717) is 6.42 Å². The molecule has 1 N–H and O–H groups in total. The third-order valence-electron chi connectivity index (χ3n) is 3.16. The maximum absolute atomic E-state index is 12.8. The van der Waals surface area contributed by atoms with Gasteiger partial charge in [-0.15, -0.1) is 11.3 Å². The van der Waals surface area contributed by atoms with Gasteiger partial charge in [-0.3, -0.25) is 4.31 Å². The SMILES string of the molecule is CCCCN(c1ccccc1C(=O)O)S(=O)(=O)c1cccs1. The highest BCUT2D eigenvalue weighted by molar-refractivity contribution is 7.94. The lowest BCUT2D eigenvalue weighted by atomic mass is 10.1. The van der Waals surface area contributed by atoms with Crippen LogP contribution in [-0.4, -0.2) is 26.0 Å². The molecule has 0 unspecified atom stereocenters. The first-order chi connectivity index (χ1) is 10.5. The third-order valence-corrected chi connectivity index (χ3v) is 6.34. The minimum absolute atomic E-state index is 0.0151. The summed E-state index contributed by atoms with van der Waals surface area (Å²) in [5.41, 5.74) is 0.190. The molecule has 0 saturated carbocycles. The number of carboxylic acids is 1. The second kappa shape index (κ2) is 6.93. The first-order valence-electron chi connectivity index (χ1n) is 6.87. The van der Waals surface area contributed by atoms with Crippen molar-refractivity contribution < 1.29 is 18.3 Å². The van der Waals surface area contributed by atoms with Crippen LogP contribution in [-0.2, 0) is 10.0 Å². The molecule has 0 bridgehead atoms. The molecule has 0 amide bonds. The van der Waals surface area contributed by atoms with Crippen LogP contribution >= 0.6 is 11.3 Å². The fourth-order valence-corrected chi connectivity index (χ4v) is 4.69. The van der Waals surface area contributed by atoms with Gasteiger partial charge in [0, 0.05) is 6.54 Å². The van der Waals surface area contributed by atoms with Crippen molar-refractivity contribution in [1.29, 1.82) is 0 Å². The van der Waals surface area contributed by atoms with Gasteiger partial charge in [0.1, 0.15) is 4.21 Å². The Hall–Kier alpha value is -1.86. The lowest BCUT2D eigenvalue weighted by Crippen LogP contribution is -2.32. The standard InChI is InChI=1S/C15H17NO4S2/c1-2-3-10-16(22(19,20)14-9-6-11-21-14)13-8-5-4-7-12(13)15(17)18/h4-9,11H,2-3,10H2,1H3,(H,17,18). The van der Waals surface area contributed by atoms with Crippen LogP contribution in [0.15, 0.2) is 46.0 Å². The fourth-order valence-electron chi connectivity index (χ4n) is 2.06. The van der Waals surface area contributed by atoms with Crippen molar-refractivity contribution in [1.82, 2.24) is 0 Å². The maximum atomic E-state index is 12.8. The second-order valence-corrected chi connectivity index (χ2v) is 7.72. The molecule has 7 heteroatoms. The zero-order chi connectivity index (χ0) is 16.2. The number of carboxylic acid groups (broad SMARTS) is 1. The Morgan fingerprint density at radius 2 is 1.95 bits per heavy atom. The van der Waals surface area contributed by atoms with Crippen LogP contribution in [0.5, 0.6) is 0 Å². The van der Waals surface area contributed by atoms with Gasteiger partial charge in [0.25, 0.3) is 10.0 Å². The molecule has 0 aliphatic carbocycles. The molecule has 2 aromatic rings. The number of sulfonamides is 1. The van der Waals surface area contributed by atoms with E-state index in [4.69, 9.17) is 0 Å². The molecule has 0 aliphatic rings. The third kappa shape index (κ3) is 3.31. The van der Waals surface area contributed by atoms with Crippen LogP contribution in [0.3, 0.4) is 0 Å². The summed E-state index contributed by atoms with van der Waals surface area (Å²) in [4.78, 5) is 11.4. The average Bonchev–Trinajstić information content (AvgIpc) is 3.03. The Labute approximate surface area is 133 Å². The highest BCUT2D eigenvalue weighted by Gasteiger charge is 2.28. The highest BCUT2D eigenvalue weighted by atomic mass is 32.2. The molecular weight excluding hydrogens is 322 g/mol. The van der Waals surface area contributed by atoms with Crippen LogP contribution in [0.4, 0.5) is 5.69 Å². The van der Waals surface area contributed by atoms with E-state index in [0.717, 1.165) is 17.8 Å². The molecule has 0 atom stereocenters. The molecule has 0 aliphatic heterocycles. The molecule has 1 aromatic heterocycles. The Bertz CT molecular complexity index is 739. The maximum Gasteiger partial charge on any atom is 0.337 e. The Morgan fingerprint density at radius 3 is 2.55 bits per heavy atom. The van der Waals surface area contributed by atoms with Crippen molar-refractivity contribution in [2.24, 2.45) is 0 Å². The quantitative estimate of drug-likeness (QED) is 0.838. The first-order valence-corrected chi connectivity index (χ1v) is 9.19. The van der Waals surface area contributed by atoms with Crippen LogP contribution < -0.4 is 4.31 Å².